The zero-order valence-corrected chi connectivity index (χ0v) is 26.3. The molecule has 0 spiro atoms. The number of rotatable bonds is 8. The fourth-order valence-corrected chi connectivity index (χ4v) is 7.07. The van der Waals surface area contributed by atoms with Crippen molar-refractivity contribution in [3.8, 4) is 39.5 Å². The maximum absolute atomic E-state index is 16.0. The number of pyridine rings is 1. The van der Waals surface area contributed by atoms with Crippen molar-refractivity contribution >= 4 is 38.4 Å². The van der Waals surface area contributed by atoms with Crippen molar-refractivity contribution in [3.05, 3.63) is 84.2 Å². The zero-order valence-electron chi connectivity index (χ0n) is 25.5. The van der Waals surface area contributed by atoms with E-state index in [1.54, 1.807) is 11.2 Å². The fraction of sp³-hybridized carbons (Fsp3) is 0.235. The molecule has 0 unspecified atom stereocenters. The number of halogens is 2. The molecule has 0 saturated heterocycles. The van der Waals surface area contributed by atoms with Crippen LogP contribution in [0.15, 0.2) is 66.8 Å². The first-order valence-corrected chi connectivity index (χ1v) is 15.6. The summed E-state index contributed by atoms with van der Waals surface area (Å²) in [7, 11) is 3.46. The van der Waals surface area contributed by atoms with E-state index in [0.717, 1.165) is 38.4 Å². The summed E-state index contributed by atoms with van der Waals surface area (Å²) in [5.41, 5.74) is 5.53. The highest BCUT2D eigenvalue weighted by atomic mass is 32.1. The minimum Gasteiger partial charge on any atom is -0.490 e. The number of carbonyl (C=O) groups excluding carboxylic acids is 1. The van der Waals surface area contributed by atoms with Gasteiger partial charge >= 0.3 is 0 Å². The Hall–Kier alpha value is -4.94. The molecule has 0 fully saturated rings. The van der Waals surface area contributed by atoms with E-state index in [-0.39, 0.29) is 36.5 Å². The van der Waals surface area contributed by atoms with Crippen LogP contribution < -0.4 is 4.74 Å². The normalized spacial score (nSPS) is 14.6. The Morgan fingerprint density at radius 2 is 1.96 bits per heavy atom. The molecular weight excluding hydrogens is 610 g/mol. The lowest BCUT2D eigenvalue weighted by Gasteiger charge is -2.33. The summed E-state index contributed by atoms with van der Waals surface area (Å²) in [4.78, 5) is 24.1. The zero-order chi connectivity index (χ0) is 32.1. The molecule has 0 N–H and O–H groups in total. The Kier molecular flexibility index (Phi) is 7.61. The second-order valence-electron chi connectivity index (χ2n) is 11.1. The topological polar surface area (TPSA) is 87.3 Å². The molecule has 7 rings (SSSR count). The molecule has 6 aromatic rings. The summed E-state index contributed by atoms with van der Waals surface area (Å²) < 4.78 is 46.2. The van der Waals surface area contributed by atoms with Crippen molar-refractivity contribution in [2.24, 2.45) is 7.05 Å². The van der Waals surface area contributed by atoms with E-state index in [4.69, 9.17) is 19.6 Å². The Morgan fingerprint density at radius 1 is 1.11 bits per heavy atom. The van der Waals surface area contributed by atoms with Gasteiger partial charge in [-0.25, -0.2) is 18.7 Å². The number of hydrogen-bond acceptors (Lipinski definition) is 7. The van der Waals surface area contributed by atoms with E-state index in [0.29, 0.717) is 35.7 Å². The quantitative estimate of drug-likeness (QED) is 0.135. The Labute approximate surface area is 267 Å². The van der Waals surface area contributed by atoms with Crippen LogP contribution >= 0.6 is 11.3 Å². The third-order valence-electron chi connectivity index (χ3n) is 8.38. The Balaban J connectivity index is 1.50. The predicted octanol–water partition coefficient (Wildman–Crippen LogP) is 6.77. The van der Waals surface area contributed by atoms with Crippen LogP contribution in [0.2, 0.25) is 0 Å². The first-order valence-electron chi connectivity index (χ1n) is 14.7. The average molecular weight is 641 g/mol. The third kappa shape index (κ3) is 4.94. The highest BCUT2D eigenvalue weighted by Crippen LogP contribution is 2.47. The highest BCUT2D eigenvalue weighted by Gasteiger charge is 2.31. The minimum absolute atomic E-state index is 0.0371. The number of methoxy groups -OCH3 is 1. The molecule has 0 bridgehead atoms. The molecule has 1 aliphatic heterocycles. The first kappa shape index (κ1) is 29.8. The van der Waals surface area contributed by atoms with Gasteiger partial charge in [0.05, 0.1) is 53.5 Å². The number of aromatic nitrogens is 5. The number of fused-ring (bicyclic) bond motifs is 3. The van der Waals surface area contributed by atoms with E-state index in [9.17, 15) is 9.18 Å². The number of thiophene rings is 1. The average Bonchev–Trinajstić information content (AvgIpc) is 3.79. The van der Waals surface area contributed by atoms with E-state index in [2.05, 4.69) is 11.6 Å². The number of hydrogen-bond donors (Lipinski definition) is 0. The smallest absolute Gasteiger partial charge is 0.246 e. The Morgan fingerprint density at radius 3 is 2.76 bits per heavy atom. The molecule has 9 nitrogen and oxygen atoms in total. The lowest BCUT2D eigenvalue weighted by atomic mass is 9.96. The summed E-state index contributed by atoms with van der Waals surface area (Å²) in [6, 6.07) is 11.5. The predicted molar refractivity (Wildman–Crippen MR) is 174 cm³/mol. The summed E-state index contributed by atoms with van der Waals surface area (Å²) in [5, 5.41) is 7.65. The van der Waals surface area contributed by atoms with E-state index < -0.39 is 11.6 Å². The monoisotopic (exact) mass is 640 g/mol. The molecule has 4 aromatic heterocycles. The van der Waals surface area contributed by atoms with Crippen molar-refractivity contribution in [2.45, 2.75) is 19.5 Å². The maximum Gasteiger partial charge on any atom is 0.246 e. The van der Waals surface area contributed by atoms with Gasteiger partial charge in [-0.1, -0.05) is 12.6 Å². The number of nitrogens with zero attached hydrogens (tertiary/aromatic N) is 6. The van der Waals surface area contributed by atoms with Gasteiger partial charge < -0.3 is 18.9 Å². The molecule has 234 valence electrons. The van der Waals surface area contributed by atoms with Gasteiger partial charge in [-0.3, -0.25) is 9.48 Å². The molecule has 2 aromatic carbocycles. The van der Waals surface area contributed by atoms with Gasteiger partial charge in [-0.2, -0.15) is 5.10 Å². The van der Waals surface area contributed by atoms with Crippen molar-refractivity contribution in [3.63, 3.8) is 0 Å². The second-order valence-corrected chi connectivity index (χ2v) is 12.0. The van der Waals surface area contributed by atoms with E-state index in [1.807, 2.05) is 58.9 Å². The molecule has 1 aliphatic rings. The number of carbonyl (C=O) groups is 1. The largest absolute Gasteiger partial charge is 0.490 e. The van der Waals surface area contributed by atoms with Crippen molar-refractivity contribution in [1.82, 2.24) is 29.2 Å². The molecular formula is C34H30F2N6O3S. The second kappa shape index (κ2) is 11.8. The summed E-state index contributed by atoms with van der Waals surface area (Å²) in [5.74, 6) is -1.68. The van der Waals surface area contributed by atoms with Crippen molar-refractivity contribution in [1.29, 1.82) is 0 Å². The lowest BCUT2D eigenvalue weighted by molar-refractivity contribution is -0.129. The summed E-state index contributed by atoms with van der Waals surface area (Å²) in [6.45, 7) is 6.84. The highest BCUT2D eigenvalue weighted by molar-refractivity contribution is 7.18. The van der Waals surface area contributed by atoms with Crippen LogP contribution in [0.25, 0.3) is 54.9 Å². The van der Waals surface area contributed by atoms with Gasteiger partial charge in [0.1, 0.15) is 35.4 Å². The van der Waals surface area contributed by atoms with Gasteiger partial charge in [0.15, 0.2) is 0 Å². The van der Waals surface area contributed by atoms with Gasteiger partial charge in [0, 0.05) is 54.0 Å². The number of amides is 1. The standard InChI is InChI=1S/C34H30F2N6O3S/c1-5-29(43)41-9-10-42-27(19(41)2)17-25(39-42)33-31(30-23(36)15-21(35)16-28(30)45-12-11-44-4)34-22(8-13-46-34)32(38-33)20-6-7-26-24(14-20)37-18-40(26)3/h5-8,13-19H,1,9-12H2,2-4H3/t19-/m0/s1. The van der Waals surface area contributed by atoms with E-state index in [1.165, 1.54) is 30.6 Å². The molecule has 1 amide bonds. The van der Waals surface area contributed by atoms with Crippen LogP contribution in [0.5, 0.6) is 5.75 Å². The maximum atomic E-state index is 16.0. The van der Waals surface area contributed by atoms with Crippen molar-refractivity contribution in [2.75, 3.05) is 26.9 Å². The number of imidazole rings is 1. The summed E-state index contributed by atoms with van der Waals surface area (Å²) >= 11 is 1.43. The number of aryl methyl sites for hydroxylation is 1. The van der Waals surface area contributed by atoms with Crippen LogP contribution in [-0.4, -0.2) is 62.0 Å². The van der Waals surface area contributed by atoms with Crippen LogP contribution in [0.3, 0.4) is 0 Å². The molecule has 12 heteroatoms. The SMILES string of the molecule is C=CC(=O)N1CCn2nc(-c3nc(-c4ccc5c(c4)ncn5C)c4ccsc4c3-c3c(F)cc(F)cc3OCCOC)cc2[C@@H]1C. The van der Waals surface area contributed by atoms with Gasteiger partial charge in [-0.15, -0.1) is 11.3 Å². The molecule has 0 radical (unpaired) electrons. The van der Waals surface area contributed by atoms with Gasteiger partial charge in [-0.05, 0) is 42.6 Å². The fourth-order valence-electron chi connectivity index (χ4n) is 6.12. The molecule has 0 aliphatic carbocycles. The minimum atomic E-state index is -0.784. The van der Waals surface area contributed by atoms with Crippen LogP contribution in [-0.2, 0) is 23.1 Å². The van der Waals surface area contributed by atoms with Crippen LogP contribution in [0.1, 0.15) is 18.7 Å². The van der Waals surface area contributed by atoms with E-state index >= 15 is 4.39 Å². The van der Waals surface area contributed by atoms with Gasteiger partial charge in [0.25, 0.3) is 0 Å². The molecule has 5 heterocycles. The molecule has 1 atom stereocenters. The van der Waals surface area contributed by atoms with Crippen LogP contribution in [0.4, 0.5) is 8.78 Å². The number of ether oxygens (including phenoxy) is 2. The molecule has 46 heavy (non-hydrogen) atoms. The van der Waals surface area contributed by atoms with Crippen molar-refractivity contribution < 1.29 is 23.0 Å². The summed E-state index contributed by atoms with van der Waals surface area (Å²) in [6.07, 6.45) is 3.07. The first-order chi connectivity index (χ1) is 22.3. The number of benzene rings is 2. The third-order valence-corrected chi connectivity index (χ3v) is 9.31. The lowest BCUT2D eigenvalue weighted by Crippen LogP contribution is -2.40. The van der Waals surface area contributed by atoms with Crippen LogP contribution in [0, 0.1) is 11.6 Å². The molecule has 0 saturated carbocycles. The van der Waals surface area contributed by atoms with Gasteiger partial charge in [0.2, 0.25) is 5.91 Å². The Bertz CT molecular complexity index is 2150.